The smallest absolute Gasteiger partial charge is 0.304 e. The van der Waals surface area contributed by atoms with Gasteiger partial charge in [0.2, 0.25) is 6.79 Å². The summed E-state index contributed by atoms with van der Waals surface area (Å²) in [5.74, 6) is 0.435. The maximum atomic E-state index is 11.8. The van der Waals surface area contributed by atoms with E-state index in [0.29, 0.717) is 24.5 Å². The Labute approximate surface area is 161 Å². The molecule has 0 aromatic heterocycles. The lowest BCUT2D eigenvalue weighted by Gasteiger charge is -2.48. The normalized spacial score (nSPS) is 36.5. The van der Waals surface area contributed by atoms with Crippen LogP contribution in [-0.4, -0.2) is 53.5 Å². The van der Waals surface area contributed by atoms with Crippen molar-refractivity contribution in [3.8, 4) is 11.5 Å². The van der Waals surface area contributed by atoms with Gasteiger partial charge in [-0.25, -0.2) is 0 Å². The van der Waals surface area contributed by atoms with E-state index in [1.807, 2.05) is 29.2 Å². The number of aliphatic hydroxyl groups is 1. The molecule has 0 spiro atoms. The first-order chi connectivity index (χ1) is 13.4. The summed E-state index contributed by atoms with van der Waals surface area (Å²) >= 11 is 0. The number of carbonyl (C=O) groups is 2. The number of hydrogen-bond donors (Lipinski definition) is 1. The van der Waals surface area contributed by atoms with E-state index in [4.69, 9.17) is 18.9 Å². The van der Waals surface area contributed by atoms with Crippen LogP contribution in [0, 0.1) is 0 Å². The largest absolute Gasteiger partial charge is 0.458 e. The Hall–Kier alpha value is -2.58. The molecule has 2 bridgehead atoms. The number of benzene rings is 1. The molecule has 0 amide bonds. The van der Waals surface area contributed by atoms with Gasteiger partial charge in [-0.1, -0.05) is 6.08 Å². The first-order valence-corrected chi connectivity index (χ1v) is 9.32. The number of carbonyl (C=O) groups excluding carboxylic acids is 2. The van der Waals surface area contributed by atoms with E-state index in [2.05, 4.69) is 0 Å². The van der Waals surface area contributed by atoms with Gasteiger partial charge < -0.3 is 24.1 Å². The minimum absolute atomic E-state index is 0.128. The summed E-state index contributed by atoms with van der Waals surface area (Å²) in [7, 11) is 0. The highest BCUT2D eigenvalue weighted by atomic mass is 16.7. The molecule has 28 heavy (non-hydrogen) atoms. The zero-order valence-electron chi connectivity index (χ0n) is 15.6. The Kier molecular flexibility index (Phi) is 3.73. The average Bonchev–Trinajstić information content (AvgIpc) is 3.18. The number of esters is 2. The van der Waals surface area contributed by atoms with Gasteiger partial charge in [0.15, 0.2) is 17.7 Å². The lowest BCUT2D eigenvalue weighted by atomic mass is 9.65. The second-order valence-electron chi connectivity index (χ2n) is 7.66. The highest BCUT2D eigenvalue weighted by Gasteiger charge is 2.62. The van der Waals surface area contributed by atoms with Crippen LogP contribution in [0.2, 0.25) is 0 Å². The molecule has 8 heteroatoms. The molecule has 1 aromatic rings. The van der Waals surface area contributed by atoms with Crippen LogP contribution < -0.4 is 9.47 Å². The van der Waals surface area contributed by atoms with Gasteiger partial charge in [-0.15, -0.1) is 0 Å². The first kappa shape index (κ1) is 17.5. The Morgan fingerprint density at radius 2 is 1.89 bits per heavy atom. The van der Waals surface area contributed by atoms with E-state index >= 15 is 0 Å². The third kappa shape index (κ3) is 2.31. The molecule has 4 unspecified atom stereocenters. The van der Waals surface area contributed by atoms with Crippen LogP contribution in [0.25, 0.3) is 0 Å². The summed E-state index contributed by atoms with van der Waals surface area (Å²) in [4.78, 5) is 25.2. The van der Waals surface area contributed by atoms with Crippen LogP contribution in [0.4, 0.5) is 0 Å². The molecule has 4 aliphatic rings. The fraction of sp³-hybridized carbons (Fsp3) is 0.500. The third-order valence-electron chi connectivity index (χ3n) is 6.10. The van der Waals surface area contributed by atoms with Crippen LogP contribution in [-0.2, 0) is 24.5 Å². The van der Waals surface area contributed by atoms with Crippen molar-refractivity contribution in [2.75, 3.05) is 13.3 Å². The van der Waals surface area contributed by atoms with Gasteiger partial charge in [0, 0.05) is 38.4 Å². The van der Waals surface area contributed by atoms with Crippen molar-refractivity contribution in [3.63, 3.8) is 0 Å². The molecule has 8 nitrogen and oxygen atoms in total. The van der Waals surface area contributed by atoms with E-state index in [9.17, 15) is 14.7 Å². The molecule has 5 rings (SSSR count). The van der Waals surface area contributed by atoms with Gasteiger partial charge in [0.05, 0.1) is 11.5 Å². The molecule has 1 saturated heterocycles. The second-order valence-corrected chi connectivity index (χ2v) is 7.66. The summed E-state index contributed by atoms with van der Waals surface area (Å²) in [6, 6.07) is 3.53. The van der Waals surface area contributed by atoms with E-state index in [1.54, 1.807) is 0 Å². The van der Waals surface area contributed by atoms with Gasteiger partial charge in [0.1, 0.15) is 6.10 Å². The molecule has 1 aromatic carbocycles. The highest BCUT2D eigenvalue weighted by Crippen LogP contribution is 2.57. The van der Waals surface area contributed by atoms with E-state index in [1.165, 1.54) is 13.8 Å². The Morgan fingerprint density at radius 3 is 2.61 bits per heavy atom. The third-order valence-corrected chi connectivity index (χ3v) is 6.10. The summed E-state index contributed by atoms with van der Waals surface area (Å²) in [5.41, 5.74) is 0.943. The van der Waals surface area contributed by atoms with Crippen molar-refractivity contribution in [1.29, 1.82) is 0 Å². The van der Waals surface area contributed by atoms with Crippen molar-refractivity contribution in [2.45, 2.75) is 50.2 Å². The predicted molar refractivity (Wildman–Crippen MR) is 94.6 cm³/mol. The maximum Gasteiger partial charge on any atom is 0.304 e. The van der Waals surface area contributed by atoms with Gasteiger partial charge in [-0.2, -0.15) is 0 Å². The van der Waals surface area contributed by atoms with Gasteiger partial charge in [-0.05, 0) is 23.8 Å². The molecule has 1 aliphatic carbocycles. The summed E-state index contributed by atoms with van der Waals surface area (Å²) < 4.78 is 22.1. The standard InChI is InChI=1S/C20H21NO7/c1-10(22)27-12-3-4-20-14-7-16-15(25-9-26-16)6-13(14)19(28-11(2)23)21(8-18(20)24)17(20)5-12/h3-4,6-7,12,17-19,24H,5,8-9H2,1-2H3/t12?,17-,18?,19?,20-/m0/s1. The Bertz CT molecular complexity index is 897. The van der Waals surface area contributed by atoms with Gasteiger partial charge >= 0.3 is 11.9 Å². The van der Waals surface area contributed by atoms with Crippen LogP contribution in [0.5, 0.6) is 11.5 Å². The number of fused-ring (bicyclic) bond motifs is 2. The van der Waals surface area contributed by atoms with Crippen molar-refractivity contribution in [2.24, 2.45) is 0 Å². The average molecular weight is 387 g/mol. The Balaban J connectivity index is 1.68. The predicted octanol–water partition coefficient (Wildman–Crippen LogP) is 1.17. The number of rotatable bonds is 2. The zero-order chi connectivity index (χ0) is 19.6. The monoisotopic (exact) mass is 387 g/mol. The van der Waals surface area contributed by atoms with E-state index in [-0.39, 0.29) is 18.8 Å². The van der Waals surface area contributed by atoms with Crippen LogP contribution in [0.3, 0.4) is 0 Å². The van der Waals surface area contributed by atoms with Crippen molar-refractivity contribution < 1.29 is 33.6 Å². The number of nitrogens with zero attached hydrogens (tertiary/aromatic N) is 1. The SMILES string of the molecule is CC(=O)OC1C=C[C@@]23c4cc5c(cc4C(OC(C)=O)N(CC2O)[C@H]3C1)OCO5. The molecule has 3 aliphatic heterocycles. The zero-order valence-corrected chi connectivity index (χ0v) is 15.6. The molecule has 3 heterocycles. The molecular weight excluding hydrogens is 366 g/mol. The molecule has 0 saturated carbocycles. The quantitative estimate of drug-likeness (QED) is 0.597. The van der Waals surface area contributed by atoms with Crippen LogP contribution in [0.15, 0.2) is 24.3 Å². The lowest BCUT2D eigenvalue weighted by molar-refractivity contribution is -0.161. The van der Waals surface area contributed by atoms with E-state index in [0.717, 1.165) is 11.1 Å². The van der Waals surface area contributed by atoms with Crippen molar-refractivity contribution in [3.05, 3.63) is 35.4 Å². The summed E-state index contributed by atoms with van der Waals surface area (Å²) in [5, 5.41) is 11.1. The molecule has 1 fully saturated rings. The van der Waals surface area contributed by atoms with Crippen molar-refractivity contribution >= 4 is 11.9 Å². The Morgan fingerprint density at radius 1 is 1.18 bits per heavy atom. The van der Waals surface area contributed by atoms with Gasteiger partial charge in [0.25, 0.3) is 0 Å². The van der Waals surface area contributed by atoms with Crippen molar-refractivity contribution in [1.82, 2.24) is 4.90 Å². The second kappa shape index (κ2) is 5.96. The summed E-state index contributed by atoms with van der Waals surface area (Å²) in [6.07, 6.45) is 2.53. The first-order valence-electron chi connectivity index (χ1n) is 9.32. The fourth-order valence-corrected chi connectivity index (χ4v) is 5.10. The lowest BCUT2D eigenvalue weighted by Crippen LogP contribution is -2.54. The molecule has 6 atom stereocenters. The molecule has 1 N–H and O–H groups in total. The minimum atomic E-state index is -0.702. The van der Waals surface area contributed by atoms with Crippen LogP contribution >= 0.6 is 0 Å². The van der Waals surface area contributed by atoms with E-state index < -0.39 is 29.8 Å². The number of ether oxygens (including phenoxy) is 4. The van der Waals surface area contributed by atoms with Gasteiger partial charge in [-0.3, -0.25) is 14.5 Å². The number of aliphatic hydroxyl groups excluding tert-OH is 1. The molecule has 148 valence electrons. The summed E-state index contributed by atoms with van der Waals surface area (Å²) in [6.45, 7) is 3.20. The van der Waals surface area contributed by atoms with Crippen LogP contribution in [0.1, 0.15) is 37.6 Å². The number of hydrogen-bond acceptors (Lipinski definition) is 8. The molecule has 0 radical (unpaired) electrons. The highest BCUT2D eigenvalue weighted by molar-refractivity contribution is 5.68. The fourth-order valence-electron chi connectivity index (χ4n) is 5.10. The topological polar surface area (TPSA) is 94.5 Å². The molecular formula is C20H21NO7. The maximum absolute atomic E-state index is 11.8. The minimum Gasteiger partial charge on any atom is -0.458 e.